The summed E-state index contributed by atoms with van der Waals surface area (Å²) in [6.07, 6.45) is 1.02. The molecule has 0 spiro atoms. The van der Waals surface area contributed by atoms with Crippen LogP contribution in [0.5, 0.6) is 0 Å². The topological polar surface area (TPSA) is 91.7 Å². The number of nitrogens with zero attached hydrogens (tertiary/aromatic N) is 1. The average molecular weight is 470 g/mol. The normalized spacial score (nSPS) is 18.7. The van der Waals surface area contributed by atoms with E-state index in [1.165, 1.54) is 0 Å². The first-order valence-electron chi connectivity index (χ1n) is 9.49. The average Bonchev–Trinajstić information content (AvgIpc) is 3.16. The molecule has 1 aliphatic rings. The van der Waals surface area contributed by atoms with E-state index < -0.39 is 23.4 Å². The van der Waals surface area contributed by atoms with Gasteiger partial charge in [0, 0.05) is 15.4 Å². The fourth-order valence-corrected chi connectivity index (χ4v) is 3.92. The summed E-state index contributed by atoms with van der Waals surface area (Å²) in [6, 6.07) is 14.4. The number of urea groups is 1. The first-order chi connectivity index (χ1) is 14.3. The summed E-state index contributed by atoms with van der Waals surface area (Å²) in [5.74, 6) is -1.11. The predicted octanol–water partition coefficient (Wildman–Crippen LogP) is 4.09. The molecule has 1 aliphatic heterocycles. The van der Waals surface area contributed by atoms with Gasteiger partial charge >= 0.3 is 11.9 Å². The Bertz CT molecular complexity index is 1160. The summed E-state index contributed by atoms with van der Waals surface area (Å²) in [6.45, 7) is 3.41. The highest BCUT2D eigenvalue weighted by atomic mass is 79.9. The highest BCUT2D eigenvalue weighted by molar-refractivity contribution is 9.10. The van der Waals surface area contributed by atoms with Crippen molar-refractivity contribution in [3.8, 4) is 0 Å². The molecule has 7 nitrogen and oxygen atoms in total. The lowest BCUT2D eigenvalue weighted by molar-refractivity contribution is -0.132. The summed E-state index contributed by atoms with van der Waals surface area (Å²) in [5.41, 5.74) is 3.53. The maximum absolute atomic E-state index is 12.9. The van der Waals surface area contributed by atoms with Crippen molar-refractivity contribution in [3.05, 3.63) is 69.9 Å². The zero-order valence-electron chi connectivity index (χ0n) is 16.5. The van der Waals surface area contributed by atoms with Crippen molar-refractivity contribution in [1.29, 1.82) is 0 Å². The zero-order chi connectivity index (χ0) is 21.5. The molecule has 3 aromatic rings. The second kappa shape index (κ2) is 7.60. The number of hydrogen-bond donors (Lipinski definition) is 2. The van der Waals surface area contributed by atoms with Crippen LogP contribution >= 0.6 is 15.9 Å². The number of aryl methyl sites for hydroxylation is 2. The van der Waals surface area contributed by atoms with Gasteiger partial charge in [0.1, 0.15) is 11.1 Å². The van der Waals surface area contributed by atoms with Gasteiger partial charge in [0.15, 0.2) is 5.76 Å². The van der Waals surface area contributed by atoms with Crippen LogP contribution in [0.4, 0.5) is 4.79 Å². The monoisotopic (exact) mass is 469 g/mol. The number of hydrazine groups is 1. The maximum atomic E-state index is 12.9. The molecule has 2 N–H and O–H groups in total. The van der Waals surface area contributed by atoms with Crippen LogP contribution in [0.3, 0.4) is 0 Å². The van der Waals surface area contributed by atoms with Crippen LogP contribution < -0.4 is 10.7 Å². The number of furan rings is 1. The van der Waals surface area contributed by atoms with Crippen molar-refractivity contribution in [2.75, 3.05) is 0 Å². The zero-order valence-corrected chi connectivity index (χ0v) is 18.1. The van der Waals surface area contributed by atoms with Crippen molar-refractivity contribution >= 4 is 44.7 Å². The Morgan fingerprint density at radius 2 is 1.93 bits per heavy atom. The molecule has 8 heteroatoms. The minimum absolute atomic E-state index is 0.0570. The lowest BCUT2D eigenvalue weighted by Gasteiger charge is -2.21. The minimum atomic E-state index is -1.10. The Balaban J connectivity index is 1.50. The Kier molecular flexibility index (Phi) is 5.11. The Labute approximate surface area is 181 Å². The van der Waals surface area contributed by atoms with Gasteiger partial charge in [-0.25, -0.2) is 10.2 Å². The van der Waals surface area contributed by atoms with Crippen LogP contribution in [-0.2, 0) is 11.2 Å². The molecule has 1 aromatic heterocycles. The number of carbonyl (C=O) groups is 3. The van der Waals surface area contributed by atoms with Gasteiger partial charge in [-0.2, -0.15) is 5.01 Å². The minimum Gasteiger partial charge on any atom is -0.451 e. The molecular formula is C22H20BrN3O4. The van der Waals surface area contributed by atoms with Gasteiger partial charge in [-0.3, -0.25) is 9.59 Å². The smallest absolute Gasteiger partial charge is 0.344 e. The highest BCUT2D eigenvalue weighted by Crippen LogP contribution is 2.28. The van der Waals surface area contributed by atoms with E-state index >= 15 is 0 Å². The van der Waals surface area contributed by atoms with Crippen molar-refractivity contribution in [3.63, 3.8) is 0 Å². The van der Waals surface area contributed by atoms with E-state index in [2.05, 4.69) is 26.7 Å². The standard InChI is InChI=1S/C22H20BrN3O4/c1-13-16-12-15(23)8-9-17(16)30-18(13)19(27)25-26-20(28)22(2,24-21(26)29)11-10-14-6-4-3-5-7-14/h3-9,12H,10-11H2,1-2H3,(H,24,29)(H,25,27). The number of nitrogens with one attached hydrogen (secondary N) is 2. The molecule has 0 saturated carbocycles. The summed E-state index contributed by atoms with van der Waals surface area (Å²) in [5, 5.41) is 4.20. The second-order valence-corrected chi connectivity index (χ2v) is 8.44. The first kappa shape index (κ1) is 20.2. The first-order valence-corrected chi connectivity index (χ1v) is 10.3. The molecule has 1 fully saturated rings. The number of rotatable bonds is 5. The van der Waals surface area contributed by atoms with Crippen LogP contribution in [0, 0.1) is 6.92 Å². The van der Waals surface area contributed by atoms with Gasteiger partial charge in [0.2, 0.25) is 0 Å². The number of hydrogen-bond acceptors (Lipinski definition) is 4. The molecule has 0 bridgehead atoms. The SMILES string of the molecule is Cc1c(C(=O)NN2C(=O)NC(C)(CCc3ccccc3)C2=O)oc2ccc(Br)cc12. The summed E-state index contributed by atoms with van der Waals surface area (Å²) in [4.78, 5) is 38.1. The molecule has 0 radical (unpaired) electrons. The summed E-state index contributed by atoms with van der Waals surface area (Å²) < 4.78 is 6.51. The highest BCUT2D eigenvalue weighted by Gasteiger charge is 2.48. The van der Waals surface area contributed by atoms with E-state index in [0.717, 1.165) is 20.4 Å². The summed E-state index contributed by atoms with van der Waals surface area (Å²) in [7, 11) is 0. The lowest BCUT2D eigenvalue weighted by atomic mass is 9.93. The molecule has 4 amide bonds. The van der Waals surface area contributed by atoms with Gasteiger partial charge in [0.25, 0.3) is 5.91 Å². The number of carbonyl (C=O) groups excluding carboxylic acids is 3. The van der Waals surface area contributed by atoms with E-state index in [-0.39, 0.29) is 5.76 Å². The van der Waals surface area contributed by atoms with Gasteiger partial charge in [-0.05, 0) is 50.5 Å². The molecule has 1 saturated heterocycles. The van der Waals surface area contributed by atoms with E-state index in [1.54, 1.807) is 19.9 Å². The number of amides is 4. The molecular weight excluding hydrogens is 450 g/mol. The second-order valence-electron chi connectivity index (χ2n) is 7.53. The van der Waals surface area contributed by atoms with Gasteiger partial charge in [0.05, 0.1) is 0 Å². The molecule has 1 unspecified atom stereocenters. The molecule has 2 aromatic carbocycles. The van der Waals surface area contributed by atoms with Crippen LogP contribution in [0.1, 0.15) is 35.0 Å². The van der Waals surface area contributed by atoms with Gasteiger partial charge in [-0.15, -0.1) is 0 Å². The third kappa shape index (κ3) is 3.59. The van der Waals surface area contributed by atoms with E-state index in [0.29, 0.717) is 24.0 Å². The van der Waals surface area contributed by atoms with Crippen molar-refractivity contribution in [2.45, 2.75) is 32.2 Å². The van der Waals surface area contributed by atoms with Crippen LogP contribution in [0.25, 0.3) is 11.0 Å². The van der Waals surface area contributed by atoms with E-state index in [9.17, 15) is 14.4 Å². The van der Waals surface area contributed by atoms with Crippen LogP contribution in [0.15, 0.2) is 57.4 Å². The Hall–Kier alpha value is -3.13. The van der Waals surface area contributed by atoms with Crippen molar-refractivity contribution < 1.29 is 18.8 Å². The fourth-order valence-electron chi connectivity index (χ4n) is 3.56. The molecule has 30 heavy (non-hydrogen) atoms. The third-order valence-corrected chi connectivity index (χ3v) is 5.83. The number of benzene rings is 2. The van der Waals surface area contributed by atoms with Crippen molar-refractivity contribution in [1.82, 2.24) is 15.8 Å². The van der Waals surface area contributed by atoms with Crippen molar-refractivity contribution in [2.24, 2.45) is 0 Å². The quantitative estimate of drug-likeness (QED) is 0.550. The third-order valence-electron chi connectivity index (χ3n) is 5.34. The maximum Gasteiger partial charge on any atom is 0.344 e. The molecule has 4 rings (SSSR count). The lowest BCUT2D eigenvalue weighted by Crippen LogP contribution is -2.49. The van der Waals surface area contributed by atoms with Gasteiger partial charge < -0.3 is 9.73 Å². The number of halogens is 1. The number of imide groups is 1. The molecule has 2 heterocycles. The van der Waals surface area contributed by atoms with E-state index in [4.69, 9.17) is 4.42 Å². The number of fused-ring (bicyclic) bond motifs is 1. The molecule has 154 valence electrons. The summed E-state index contributed by atoms with van der Waals surface area (Å²) >= 11 is 3.40. The van der Waals surface area contributed by atoms with Gasteiger partial charge in [-0.1, -0.05) is 46.3 Å². The fraction of sp³-hybridized carbons (Fsp3) is 0.227. The van der Waals surface area contributed by atoms with E-state index in [1.807, 2.05) is 42.5 Å². The predicted molar refractivity (Wildman–Crippen MR) is 115 cm³/mol. The molecule has 0 aliphatic carbocycles. The van der Waals surface area contributed by atoms with Crippen LogP contribution in [-0.4, -0.2) is 28.4 Å². The Morgan fingerprint density at radius 1 is 1.20 bits per heavy atom. The molecule has 1 atom stereocenters. The van der Waals surface area contributed by atoms with Crippen LogP contribution in [0.2, 0.25) is 0 Å². The largest absolute Gasteiger partial charge is 0.451 e. The Morgan fingerprint density at radius 3 is 2.67 bits per heavy atom.